The second-order valence-electron chi connectivity index (χ2n) is 8.48. The molecule has 1 heterocycles. The lowest BCUT2D eigenvalue weighted by Gasteiger charge is -2.33. The van der Waals surface area contributed by atoms with Gasteiger partial charge in [0.05, 0.1) is 6.04 Å². The highest BCUT2D eigenvalue weighted by molar-refractivity contribution is 7.98. The molecule has 0 radical (unpaired) electrons. The fourth-order valence-corrected chi connectivity index (χ4v) is 4.05. The second-order valence-corrected chi connectivity index (χ2v) is 9.47. The van der Waals surface area contributed by atoms with E-state index < -0.39 is 12.1 Å². The minimum absolute atomic E-state index is 0.0378. The van der Waals surface area contributed by atoms with Crippen LogP contribution in [0.4, 0.5) is 5.69 Å². The van der Waals surface area contributed by atoms with E-state index in [0.717, 1.165) is 5.75 Å². The van der Waals surface area contributed by atoms with Crippen LogP contribution in [0.2, 0.25) is 0 Å². The number of hydrogen-bond donors (Lipinski definition) is 3. The van der Waals surface area contributed by atoms with Gasteiger partial charge in [-0.05, 0) is 61.8 Å². The van der Waals surface area contributed by atoms with Gasteiger partial charge in [0.25, 0.3) is 0 Å². The lowest BCUT2D eigenvalue weighted by Crippen LogP contribution is -2.50. The summed E-state index contributed by atoms with van der Waals surface area (Å²) >= 11 is 1.67. The maximum absolute atomic E-state index is 12.6. The molecule has 2 rings (SSSR count). The molecule has 4 N–H and O–H groups in total. The minimum Gasteiger partial charge on any atom is -0.344 e. The van der Waals surface area contributed by atoms with Crippen LogP contribution in [0.1, 0.15) is 51.5 Å². The van der Waals surface area contributed by atoms with Gasteiger partial charge in [0.1, 0.15) is 6.04 Å². The summed E-state index contributed by atoms with van der Waals surface area (Å²) in [5, 5.41) is 5.66. The first-order valence-corrected chi connectivity index (χ1v) is 12.4. The number of amides is 3. The molecule has 3 amide bonds. The van der Waals surface area contributed by atoms with Gasteiger partial charge in [-0.15, -0.1) is 0 Å². The first-order valence-electron chi connectivity index (χ1n) is 11.0. The molecule has 1 aromatic rings. The number of nitrogens with zero attached hydrogens (tertiary/aromatic N) is 1. The Morgan fingerprint density at radius 1 is 1.13 bits per heavy atom. The summed E-state index contributed by atoms with van der Waals surface area (Å²) in [5.74, 6) is 0.648. The van der Waals surface area contributed by atoms with Crippen molar-refractivity contribution in [1.29, 1.82) is 0 Å². The number of hydrogen-bond acceptors (Lipinski definition) is 5. The van der Waals surface area contributed by atoms with Crippen LogP contribution in [-0.2, 0) is 14.4 Å². The molecule has 1 aliphatic rings. The third-order valence-corrected chi connectivity index (χ3v) is 6.37. The summed E-state index contributed by atoms with van der Waals surface area (Å²) in [6.07, 6.45) is 3.81. The zero-order valence-corrected chi connectivity index (χ0v) is 19.8. The molecule has 8 heteroatoms. The zero-order valence-electron chi connectivity index (χ0n) is 19.0. The molecular weight excluding hydrogens is 412 g/mol. The van der Waals surface area contributed by atoms with E-state index in [1.165, 1.54) is 5.56 Å². The van der Waals surface area contributed by atoms with Gasteiger partial charge in [-0.25, -0.2) is 0 Å². The summed E-state index contributed by atoms with van der Waals surface area (Å²) in [6, 6.07) is 6.61. The van der Waals surface area contributed by atoms with Crippen LogP contribution in [0, 0.1) is 5.92 Å². The number of benzene rings is 1. The number of likely N-dealkylation sites (tertiary alicyclic amines) is 1. The molecule has 0 bridgehead atoms. The summed E-state index contributed by atoms with van der Waals surface area (Å²) in [5.41, 5.74) is 7.90. The molecule has 1 fully saturated rings. The largest absolute Gasteiger partial charge is 0.344 e. The van der Waals surface area contributed by atoms with E-state index in [4.69, 9.17) is 5.73 Å². The Balaban J connectivity index is 1.78. The van der Waals surface area contributed by atoms with Crippen molar-refractivity contribution in [3.8, 4) is 0 Å². The quantitative estimate of drug-likeness (QED) is 0.539. The first-order chi connectivity index (χ1) is 14.7. The number of carbonyl (C=O) groups is 3. The van der Waals surface area contributed by atoms with Crippen LogP contribution in [0.5, 0.6) is 0 Å². The minimum atomic E-state index is -0.642. The maximum Gasteiger partial charge on any atom is 0.246 e. The average Bonchev–Trinajstić information content (AvgIpc) is 2.77. The highest BCUT2D eigenvalue weighted by Gasteiger charge is 2.30. The van der Waals surface area contributed by atoms with Crippen molar-refractivity contribution in [2.45, 2.75) is 58.0 Å². The van der Waals surface area contributed by atoms with E-state index >= 15 is 0 Å². The summed E-state index contributed by atoms with van der Waals surface area (Å²) in [7, 11) is 0. The number of anilines is 1. The van der Waals surface area contributed by atoms with Gasteiger partial charge in [0.2, 0.25) is 17.7 Å². The summed E-state index contributed by atoms with van der Waals surface area (Å²) < 4.78 is 0. The molecular formula is C23H36N4O3S. The van der Waals surface area contributed by atoms with E-state index in [1.807, 2.05) is 30.5 Å². The predicted molar refractivity (Wildman–Crippen MR) is 127 cm³/mol. The fourth-order valence-electron chi connectivity index (χ4n) is 3.56. The van der Waals surface area contributed by atoms with Crippen LogP contribution in [0.25, 0.3) is 0 Å². The topological polar surface area (TPSA) is 105 Å². The van der Waals surface area contributed by atoms with Gasteiger partial charge in [0, 0.05) is 24.7 Å². The molecule has 1 aliphatic heterocycles. The van der Waals surface area contributed by atoms with Crippen LogP contribution in [0.3, 0.4) is 0 Å². The van der Waals surface area contributed by atoms with Crippen molar-refractivity contribution < 1.29 is 14.4 Å². The Morgan fingerprint density at radius 2 is 1.74 bits per heavy atom. The lowest BCUT2D eigenvalue weighted by molar-refractivity contribution is -0.137. The zero-order chi connectivity index (χ0) is 23.0. The smallest absolute Gasteiger partial charge is 0.246 e. The van der Waals surface area contributed by atoms with E-state index in [9.17, 15) is 14.4 Å². The van der Waals surface area contributed by atoms with E-state index in [1.54, 1.807) is 23.6 Å². The Labute approximate surface area is 189 Å². The van der Waals surface area contributed by atoms with Gasteiger partial charge in [-0.1, -0.05) is 26.0 Å². The van der Waals surface area contributed by atoms with E-state index in [0.29, 0.717) is 44.0 Å². The van der Waals surface area contributed by atoms with Crippen LogP contribution < -0.4 is 16.4 Å². The molecule has 172 valence electrons. The van der Waals surface area contributed by atoms with Crippen molar-refractivity contribution >= 4 is 35.2 Å². The van der Waals surface area contributed by atoms with Crippen LogP contribution in [0.15, 0.2) is 24.3 Å². The van der Waals surface area contributed by atoms with Gasteiger partial charge in [-0.3, -0.25) is 14.4 Å². The number of rotatable bonds is 9. The van der Waals surface area contributed by atoms with Gasteiger partial charge in [0.15, 0.2) is 0 Å². The third kappa shape index (κ3) is 7.54. The van der Waals surface area contributed by atoms with Crippen molar-refractivity contribution in [2.24, 2.45) is 11.7 Å². The fraction of sp³-hybridized carbons (Fsp3) is 0.609. The average molecular weight is 449 g/mol. The SMILES string of the molecule is CSCC[C@H](N)C(=O)N1CCC(C(=O)N[C@@H](C)C(=O)Nc2ccc(C(C)C)cc2)CC1. The van der Waals surface area contributed by atoms with Crippen molar-refractivity contribution in [1.82, 2.24) is 10.2 Å². The van der Waals surface area contributed by atoms with Crippen LogP contribution >= 0.6 is 11.8 Å². The molecule has 7 nitrogen and oxygen atoms in total. The Hall–Kier alpha value is -2.06. The Kier molecular flexibility index (Phi) is 9.84. The standard InChI is InChI=1S/C23H36N4O3S/c1-15(2)17-5-7-19(8-6-17)26-21(28)16(3)25-22(29)18-9-12-27(13-10-18)23(30)20(24)11-14-31-4/h5-8,15-16,18,20H,9-14,24H2,1-4H3,(H,25,29)(H,26,28)/t16-,20-/m0/s1. The molecule has 0 saturated carbocycles. The van der Waals surface area contributed by atoms with Crippen LogP contribution in [-0.4, -0.2) is 59.8 Å². The number of carbonyl (C=O) groups excluding carboxylic acids is 3. The van der Waals surface area contributed by atoms with Gasteiger partial charge < -0.3 is 21.3 Å². The predicted octanol–water partition coefficient (Wildman–Crippen LogP) is 2.57. The first kappa shape index (κ1) is 25.2. The molecule has 1 saturated heterocycles. The maximum atomic E-state index is 12.6. The number of nitrogens with two attached hydrogens (primary N) is 1. The Morgan fingerprint density at radius 3 is 2.29 bits per heavy atom. The van der Waals surface area contributed by atoms with Gasteiger partial charge in [-0.2, -0.15) is 11.8 Å². The van der Waals surface area contributed by atoms with E-state index in [2.05, 4.69) is 24.5 Å². The summed E-state index contributed by atoms with van der Waals surface area (Å²) in [4.78, 5) is 39.2. The monoisotopic (exact) mass is 448 g/mol. The van der Waals surface area contributed by atoms with E-state index in [-0.39, 0.29) is 23.6 Å². The van der Waals surface area contributed by atoms with Gasteiger partial charge >= 0.3 is 0 Å². The number of nitrogens with one attached hydrogen (secondary N) is 2. The lowest BCUT2D eigenvalue weighted by atomic mass is 9.95. The van der Waals surface area contributed by atoms with Crippen molar-refractivity contribution in [3.05, 3.63) is 29.8 Å². The highest BCUT2D eigenvalue weighted by Crippen LogP contribution is 2.19. The van der Waals surface area contributed by atoms with Crippen molar-refractivity contribution in [2.75, 3.05) is 30.4 Å². The normalized spacial score (nSPS) is 16.6. The molecule has 1 aromatic carbocycles. The number of piperidine rings is 1. The second kappa shape index (κ2) is 12.1. The molecule has 2 atom stereocenters. The molecule has 0 aliphatic carbocycles. The molecule has 0 spiro atoms. The Bertz CT molecular complexity index is 746. The number of thioether (sulfide) groups is 1. The highest BCUT2D eigenvalue weighted by atomic mass is 32.2. The molecule has 31 heavy (non-hydrogen) atoms. The summed E-state index contributed by atoms with van der Waals surface area (Å²) in [6.45, 7) is 6.95. The molecule has 0 unspecified atom stereocenters. The van der Waals surface area contributed by atoms with Crippen molar-refractivity contribution in [3.63, 3.8) is 0 Å². The third-order valence-electron chi connectivity index (χ3n) is 5.72. The molecule has 0 aromatic heterocycles.